The summed E-state index contributed by atoms with van der Waals surface area (Å²) in [4.78, 5) is 18.6. The number of pyridine rings is 1. The minimum atomic E-state index is -3.68. The van der Waals surface area contributed by atoms with Gasteiger partial charge in [-0.25, -0.2) is 13.4 Å². The Balaban J connectivity index is 1.21. The summed E-state index contributed by atoms with van der Waals surface area (Å²) in [7, 11) is -3.68. The van der Waals surface area contributed by atoms with Crippen LogP contribution in [0.1, 0.15) is 11.5 Å². The zero-order chi connectivity index (χ0) is 22.3. The van der Waals surface area contributed by atoms with Crippen LogP contribution in [-0.4, -0.2) is 79.6 Å². The first-order chi connectivity index (χ1) is 15.5. The molecule has 0 bridgehead atoms. The predicted octanol–water partition coefficient (Wildman–Crippen LogP) is 0.772. The molecule has 0 spiro atoms. The van der Waals surface area contributed by atoms with Crippen LogP contribution in [0.3, 0.4) is 0 Å². The number of likely N-dealkylation sites (tertiary alicyclic amines) is 1. The fourth-order valence-corrected chi connectivity index (χ4v) is 5.40. The number of hydrogen-bond donors (Lipinski definition) is 1. The minimum Gasteiger partial charge on any atom is -0.484 e. The highest BCUT2D eigenvalue weighted by atomic mass is 32.2. The van der Waals surface area contributed by atoms with E-state index in [9.17, 15) is 18.3 Å². The molecule has 3 aliphatic heterocycles. The highest BCUT2D eigenvalue weighted by Gasteiger charge is 2.39. The lowest BCUT2D eigenvalue weighted by Gasteiger charge is -2.42. The highest BCUT2D eigenvalue weighted by Crippen LogP contribution is 2.34. The molecule has 9 nitrogen and oxygen atoms in total. The van der Waals surface area contributed by atoms with Gasteiger partial charge in [0.25, 0.3) is 5.88 Å². The Hall–Kier alpha value is -2.95. The summed E-state index contributed by atoms with van der Waals surface area (Å²) >= 11 is 0. The third-order valence-electron chi connectivity index (χ3n) is 6.00. The molecule has 2 fully saturated rings. The van der Waals surface area contributed by atoms with Crippen LogP contribution in [-0.2, 0) is 14.8 Å². The van der Waals surface area contributed by atoms with Crippen molar-refractivity contribution in [2.45, 2.75) is 10.8 Å². The van der Waals surface area contributed by atoms with Crippen molar-refractivity contribution < 1.29 is 27.8 Å². The molecule has 10 heteroatoms. The van der Waals surface area contributed by atoms with E-state index in [1.165, 1.54) is 16.6 Å². The number of aromatic nitrogens is 1. The molecule has 1 atom stereocenters. The average molecular weight is 458 g/mol. The van der Waals surface area contributed by atoms with E-state index in [0.29, 0.717) is 51.0 Å². The Bertz CT molecular complexity index is 1170. The van der Waals surface area contributed by atoms with Crippen molar-refractivity contribution in [1.29, 1.82) is 0 Å². The molecule has 1 amide bonds. The normalized spacial score (nSPS) is 19.2. The third kappa shape index (κ3) is 3.64. The number of nitrogens with zero attached hydrogens (tertiary/aromatic N) is 3. The molecule has 2 saturated heterocycles. The summed E-state index contributed by atoms with van der Waals surface area (Å²) in [6.07, 6.45) is 1.29. The van der Waals surface area contributed by atoms with Gasteiger partial charge in [-0.15, -0.1) is 0 Å². The number of benzene rings is 1. The maximum atomic E-state index is 12.9. The van der Waals surface area contributed by atoms with Crippen molar-refractivity contribution >= 4 is 15.9 Å². The van der Waals surface area contributed by atoms with Gasteiger partial charge in [0.1, 0.15) is 18.1 Å². The maximum absolute atomic E-state index is 12.9. The van der Waals surface area contributed by atoms with Gasteiger partial charge < -0.3 is 19.5 Å². The van der Waals surface area contributed by atoms with Gasteiger partial charge in [-0.05, 0) is 16.7 Å². The predicted molar refractivity (Wildman–Crippen MR) is 114 cm³/mol. The van der Waals surface area contributed by atoms with Crippen molar-refractivity contribution in [2.24, 2.45) is 0 Å². The van der Waals surface area contributed by atoms with Gasteiger partial charge in [0.2, 0.25) is 15.9 Å². The zero-order valence-corrected chi connectivity index (χ0v) is 18.1. The first kappa shape index (κ1) is 20.9. The Labute approximate surface area is 185 Å². The molecular formula is C22H23N3O6S. The van der Waals surface area contributed by atoms with Gasteiger partial charge in [0.15, 0.2) is 5.75 Å². The molecule has 32 heavy (non-hydrogen) atoms. The van der Waals surface area contributed by atoms with Gasteiger partial charge in [0.05, 0.1) is 18.7 Å². The van der Waals surface area contributed by atoms with Crippen LogP contribution in [0.2, 0.25) is 0 Å². The van der Waals surface area contributed by atoms with E-state index in [1.54, 1.807) is 4.90 Å². The van der Waals surface area contributed by atoms with E-state index in [4.69, 9.17) is 9.47 Å². The van der Waals surface area contributed by atoms with Crippen LogP contribution >= 0.6 is 0 Å². The quantitative estimate of drug-likeness (QED) is 0.661. The van der Waals surface area contributed by atoms with Crippen LogP contribution in [0, 0.1) is 0 Å². The van der Waals surface area contributed by atoms with Crippen molar-refractivity contribution in [1.82, 2.24) is 14.2 Å². The van der Waals surface area contributed by atoms with E-state index in [0.717, 1.165) is 16.7 Å². The third-order valence-corrected chi connectivity index (χ3v) is 7.76. The molecule has 1 unspecified atom stereocenters. The highest BCUT2D eigenvalue weighted by molar-refractivity contribution is 7.89. The molecule has 1 N–H and O–H groups in total. The maximum Gasteiger partial charge on any atom is 0.257 e. The number of amides is 1. The summed E-state index contributed by atoms with van der Waals surface area (Å²) in [6, 6.07) is 10.7. The molecule has 2 aromatic rings. The number of aliphatic hydroxyl groups excluding tert-OH is 1. The van der Waals surface area contributed by atoms with E-state index in [-0.39, 0.29) is 17.4 Å². The standard InChI is InChI=1S/C22H23N3O6S/c26-14-19(15-4-2-1-3-5-15)22(27)24-10-16(11-24)17-12-25(13-17)32(28,29)18-8-20-21(23-9-18)31-7-6-30-20/h1-5,8-9,19,26H,6-7,10-14H2. The van der Waals surface area contributed by atoms with Crippen LogP contribution in [0.25, 0.3) is 0 Å². The van der Waals surface area contributed by atoms with Gasteiger partial charge in [-0.3, -0.25) is 4.79 Å². The van der Waals surface area contributed by atoms with Crippen LogP contribution in [0.15, 0.2) is 58.6 Å². The van der Waals surface area contributed by atoms with Crippen molar-refractivity contribution in [2.75, 3.05) is 46.0 Å². The van der Waals surface area contributed by atoms with E-state index in [1.807, 2.05) is 30.3 Å². The summed E-state index contributed by atoms with van der Waals surface area (Å²) in [6.45, 7) is 2.04. The summed E-state index contributed by atoms with van der Waals surface area (Å²) < 4.78 is 38.0. The van der Waals surface area contributed by atoms with Gasteiger partial charge >= 0.3 is 0 Å². The number of aliphatic hydroxyl groups is 1. The molecule has 3 aliphatic rings. The molecule has 5 rings (SSSR count). The smallest absolute Gasteiger partial charge is 0.257 e. The second kappa shape index (κ2) is 8.19. The second-order valence-corrected chi connectivity index (χ2v) is 9.93. The number of fused-ring (bicyclic) bond motifs is 1. The fraction of sp³-hybridized carbons (Fsp3) is 0.364. The monoisotopic (exact) mass is 457 g/mol. The largest absolute Gasteiger partial charge is 0.484 e. The van der Waals surface area contributed by atoms with Crippen LogP contribution in [0.5, 0.6) is 11.6 Å². The lowest BCUT2D eigenvalue weighted by atomic mass is 9.92. The topological polar surface area (TPSA) is 109 Å². The van der Waals surface area contributed by atoms with Crippen LogP contribution < -0.4 is 9.47 Å². The molecular weight excluding hydrogens is 434 g/mol. The van der Waals surface area contributed by atoms with Gasteiger partial charge in [0, 0.05) is 32.2 Å². The van der Waals surface area contributed by atoms with Crippen molar-refractivity contribution in [3.63, 3.8) is 0 Å². The molecule has 0 saturated carbocycles. The molecule has 1 aromatic heterocycles. The van der Waals surface area contributed by atoms with Crippen molar-refractivity contribution in [3.8, 4) is 11.6 Å². The first-order valence-electron chi connectivity index (χ1n) is 10.4. The van der Waals surface area contributed by atoms with E-state index < -0.39 is 15.9 Å². The Morgan fingerprint density at radius 1 is 1.06 bits per heavy atom. The fourth-order valence-electron chi connectivity index (χ4n) is 4.00. The summed E-state index contributed by atoms with van der Waals surface area (Å²) in [5.74, 6) is -0.0584. The minimum absolute atomic E-state index is 0.0739. The first-order valence-corrected chi connectivity index (χ1v) is 11.8. The Kier molecular flexibility index (Phi) is 5.36. The number of ether oxygens (including phenoxy) is 2. The summed E-state index contributed by atoms with van der Waals surface area (Å²) in [5, 5.41) is 9.70. The number of hydrogen-bond acceptors (Lipinski definition) is 7. The van der Waals surface area contributed by atoms with E-state index in [2.05, 4.69) is 4.98 Å². The Morgan fingerprint density at radius 3 is 2.47 bits per heavy atom. The molecule has 4 heterocycles. The molecule has 0 radical (unpaired) electrons. The Morgan fingerprint density at radius 2 is 1.75 bits per heavy atom. The molecule has 1 aromatic carbocycles. The number of carbonyl (C=O) groups is 1. The second-order valence-electron chi connectivity index (χ2n) is 7.99. The molecule has 0 aliphatic carbocycles. The van der Waals surface area contributed by atoms with Gasteiger partial charge in [-0.1, -0.05) is 30.3 Å². The zero-order valence-electron chi connectivity index (χ0n) is 17.3. The number of sulfonamides is 1. The van der Waals surface area contributed by atoms with Crippen molar-refractivity contribution in [3.05, 3.63) is 59.3 Å². The SMILES string of the molecule is O=C(C(CO)c1ccccc1)N1CC(=C2CN(S(=O)(=O)c3cnc4c(c3)OCCO4)C2)C1. The number of rotatable bonds is 5. The summed E-state index contributed by atoms with van der Waals surface area (Å²) in [5.41, 5.74) is 2.90. The lowest BCUT2D eigenvalue weighted by molar-refractivity contribution is -0.135. The van der Waals surface area contributed by atoms with E-state index >= 15 is 0 Å². The average Bonchev–Trinajstić information content (AvgIpc) is 2.75. The van der Waals surface area contributed by atoms with Crippen LogP contribution in [0.4, 0.5) is 0 Å². The number of carbonyl (C=O) groups excluding carboxylic acids is 1. The molecule has 168 valence electrons. The lowest BCUT2D eigenvalue weighted by Crippen LogP contribution is -2.52. The van der Waals surface area contributed by atoms with Gasteiger partial charge in [-0.2, -0.15) is 4.31 Å².